The van der Waals surface area contributed by atoms with Crippen molar-refractivity contribution in [2.75, 3.05) is 6.54 Å². The zero-order valence-electron chi connectivity index (χ0n) is 14.8. The molecule has 3 aromatic rings. The highest BCUT2D eigenvalue weighted by Crippen LogP contribution is 2.34. The van der Waals surface area contributed by atoms with Crippen molar-refractivity contribution in [3.8, 4) is 0 Å². The molecule has 0 saturated carbocycles. The Balaban J connectivity index is 1.79. The highest BCUT2D eigenvalue weighted by atomic mass is 19.1. The Labute approximate surface area is 152 Å². The molecule has 0 fully saturated rings. The largest absolute Gasteiger partial charge is 0.350 e. The maximum absolute atomic E-state index is 14.7. The zero-order valence-corrected chi connectivity index (χ0v) is 14.8. The first-order chi connectivity index (χ1) is 12.6. The first-order valence-electron chi connectivity index (χ1n) is 9.02. The molecule has 0 amide bonds. The molecule has 0 radical (unpaired) electrons. The minimum Gasteiger partial charge on any atom is -0.350 e. The lowest BCUT2D eigenvalue weighted by Gasteiger charge is -2.31. The predicted octanol–water partition coefficient (Wildman–Crippen LogP) is 5.07. The molecule has 0 bridgehead atoms. The summed E-state index contributed by atoms with van der Waals surface area (Å²) in [5.41, 5.74) is 4.05. The average molecular weight is 352 g/mol. The molecule has 1 atom stereocenters. The van der Waals surface area contributed by atoms with Gasteiger partial charge in [0, 0.05) is 43.2 Å². The number of benzene rings is 2. The SMILES string of the molecule is Cc1ccccc1CN1CCCn2cccc2[C@H]1c1ccc(F)cc1F. The molecular formula is C22H22F2N2. The van der Waals surface area contributed by atoms with Gasteiger partial charge in [-0.25, -0.2) is 8.78 Å². The van der Waals surface area contributed by atoms with Crippen LogP contribution in [0.25, 0.3) is 0 Å². The number of aryl methyl sites for hydroxylation is 2. The molecule has 0 saturated heterocycles. The number of halogens is 2. The van der Waals surface area contributed by atoms with E-state index in [-0.39, 0.29) is 6.04 Å². The molecule has 2 aromatic carbocycles. The Morgan fingerprint density at radius 2 is 1.85 bits per heavy atom. The van der Waals surface area contributed by atoms with Gasteiger partial charge in [0.15, 0.2) is 0 Å². The maximum atomic E-state index is 14.7. The lowest BCUT2D eigenvalue weighted by Crippen LogP contribution is -2.30. The summed E-state index contributed by atoms with van der Waals surface area (Å²) >= 11 is 0. The van der Waals surface area contributed by atoms with Gasteiger partial charge in [0.05, 0.1) is 6.04 Å². The van der Waals surface area contributed by atoms with Gasteiger partial charge in [-0.3, -0.25) is 4.90 Å². The Bertz CT molecular complexity index is 916. The molecule has 26 heavy (non-hydrogen) atoms. The van der Waals surface area contributed by atoms with Crippen molar-refractivity contribution in [1.82, 2.24) is 9.47 Å². The number of fused-ring (bicyclic) bond motifs is 1. The average Bonchev–Trinajstić information content (AvgIpc) is 3.00. The number of nitrogens with zero attached hydrogens (tertiary/aromatic N) is 2. The smallest absolute Gasteiger partial charge is 0.131 e. The van der Waals surface area contributed by atoms with Gasteiger partial charge in [-0.1, -0.05) is 30.3 Å². The first kappa shape index (κ1) is 17.0. The molecule has 134 valence electrons. The Kier molecular flexibility index (Phi) is 4.60. The lowest BCUT2D eigenvalue weighted by atomic mass is 9.99. The van der Waals surface area contributed by atoms with Gasteiger partial charge < -0.3 is 4.57 Å². The number of hydrogen-bond donors (Lipinski definition) is 0. The molecule has 2 heterocycles. The number of aromatic nitrogens is 1. The van der Waals surface area contributed by atoms with E-state index in [0.717, 1.165) is 37.8 Å². The molecule has 0 spiro atoms. The zero-order chi connectivity index (χ0) is 18.1. The van der Waals surface area contributed by atoms with E-state index in [2.05, 4.69) is 28.5 Å². The van der Waals surface area contributed by atoms with Crippen molar-refractivity contribution >= 4 is 0 Å². The Morgan fingerprint density at radius 1 is 1.00 bits per heavy atom. The Hall–Kier alpha value is -2.46. The summed E-state index contributed by atoms with van der Waals surface area (Å²) in [6, 6.07) is 16.0. The van der Waals surface area contributed by atoms with Crippen LogP contribution in [0.3, 0.4) is 0 Å². The van der Waals surface area contributed by atoms with Crippen LogP contribution in [0.15, 0.2) is 60.8 Å². The molecule has 0 unspecified atom stereocenters. The van der Waals surface area contributed by atoms with Crippen molar-refractivity contribution in [1.29, 1.82) is 0 Å². The molecule has 4 heteroatoms. The van der Waals surface area contributed by atoms with Gasteiger partial charge >= 0.3 is 0 Å². The maximum Gasteiger partial charge on any atom is 0.131 e. The number of rotatable bonds is 3. The minimum absolute atomic E-state index is 0.229. The Morgan fingerprint density at radius 3 is 2.65 bits per heavy atom. The molecule has 0 N–H and O–H groups in total. The van der Waals surface area contributed by atoms with Crippen molar-refractivity contribution < 1.29 is 8.78 Å². The number of hydrogen-bond acceptors (Lipinski definition) is 1. The quantitative estimate of drug-likeness (QED) is 0.639. The molecular weight excluding hydrogens is 330 g/mol. The van der Waals surface area contributed by atoms with Crippen LogP contribution in [0.1, 0.15) is 34.8 Å². The third-order valence-electron chi connectivity index (χ3n) is 5.25. The lowest BCUT2D eigenvalue weighted by molar-refractivity contribution is 0.216. The second-order valence-corrected chi connectivity index (χ2v) is 6.95. The van der Waals surface area contributed by atoms with Crippen molar-refractivity contribution in [2.24, 2.45) is 0 Å². The van der Waals surface area contributed by atoms with Crippen LogP contribution < -0.4 is 0 Å². The van der Waals surface area contributed by atoms with E-state index in [1.54, 1.807) is 6.07 Å². The molecule has 0 aliphatic carbocycles. The van der Waals surface area contributed by atoms with Crippen molar-refractivity contribution in [3.05, 3.63) is 94.8 Å². The van der Waals surface area contributed by atoms with Crippen molar-refractivity contribution in [3.63, 3.8) is 0 Å². The second kappa shape index (κ2) is 7.04. The van der Waals surface area contributed by atoms with Gasteiger partial charge in [-0.05, 0) is 42.7 Å². The van der Waals surface area contributed by atoms with Crippen LogP contribution >= 0.6 is 0 Å². The van der Waals surface area contributed by atoms with Gasteiger partial charge in [-0.15, -0.1) is 0 Å². The summed E-state index contributed by atoms with van der Waals surface area (Å²) in [7, 11) is 0. The molecule has 1 aromatic heterocycles. The molecule has 1 aliphatic heterocycles. The highest BCUT2D eigenvalue weighted by molar-refractivity contribution is 5.32. The topological polar surface area (TPSA) is 8.17 Å². The molecule has 4 rings (SSSR count). The molecule has 2 nitrogen and oxygen atoms in total. The summed E-state index contributed by atoms with van der Waals surface area (Å²) in [5.74, 6) is -1.03. The monoisotopic (exact) mass is 352 g/mol. The predicted molar refractivity (Wildman–Crippen MR) is 98.8 cm³/mol. The van der Waals surface area contributed by atoms with E-state index in [1.165, 1.54) is 17.2 Å². The highest BCUT2D eigenvalue weighted by Gasteiger charge is 2.29. The third kappa shape index (κ3) is 3.17. The van der Waals surface area contributed by atoms with Crippen LogP contribution in [0.4, 0.5) is 8.78 Å². The van der Waals surface area contributed by atoms with Gasteiger partial charge in [-0.2, -0.15) is 0 Å². The van der Waals surface area contributed by atoms with Crippen LogP contribution in [-0.4, -0.2) is 16.0 Å². The van der Waals surface area contributed by atoms with E-state index >= 15 is 0 Å². The van der Waals surface area contributed by atoms with E-state index in [4.69, 9.17) is 0 Å². The minimum atomic E-state index is -0.541. The standard InChI is InChI=1S/C22H22F2N2/c1-16-6-2-3-7-17(16)15-26-13-5-12-25-11-4-8-21(25)22(26)19-10-9-18(23)14-20(19)24/h2-4,6-11,14,22H,5,12-13,15H2,1H3/t22-/m1/s1. The summed E-state index contributed by atoms with van der Waals surface area (Å²) in [6.07, 6.45) is 3.04. The fourth-order valence-electron chi connectivity index (χ4n) is 3.90. The van der Waals surface area contributed by atoms with Crippen LogP contribution in [0, 0.1) is 18.6 Å². The van der Waals surface area contributed by atoms with Crippen molar-refractivity contribution in [2.45, 2.75) is 32.5 Å². The second-order valence-electron chi connectivity index (χ2n) is 6.95. The normalized spacial score (nSPS) is 17.7. The third-order valence-corrected chi connectivity index (χ3v) is 5.25. The van der Waals surface area contributed by atoms with Gasteiger partial charge in [0.25, 0.3) is 0 Å². The van der Waals surface area contributed by atoms with Crippen LogP contribution in [0.2, 0.25) is 0 Å². The summed E-state index contributed by atoms with van der Waals surface area (Å²) in [4.78, 5) is 2.30. The summed E-state index contributed by atoms with van der Waals surface area (Å²) in [5, 5.41) is 0. The van der Waals surface area contributed by atoms with Crippen LogP contribution in [-0.2, 0) is 13.1 Å². The fraction of sp³-hybridized carbons (Fsp3) is 0.273. The van der Waals surface area contributed by atoms with Gasteiger partial charge in [0.1, 0.15) is 11.6 Å². The molecule has 1 aliphatic rings. The van der Waals surface area contributed by atoms with E-state index in [0.29, 0.717) is 5.56 Å². The van der Waals surface area contributed by atoms with Crippen LogP contribution in [0.5, 0.6) is 0 Å². The van der Waals surface area contributed by atoms with E-state index in [1.807, 2.05) is 30.5 Å². The summed E-state index contributed by atoms with van der Waals surface area (Å²) < 4.78 is 30.3. The summed E-state index contributed by atoms with van der Waals surface area (Å²) in [6.45, 7) is 4.60. The van der Waals surface area contributed by atoms with E-state index in [9.17, 15) is 8.78 Å². The van der Waals surface area contributed by atoms with Gasteiger partial charge in [0.2, 0.25) is 0 Å². The first-order valence-corrected chi connectivity index (χ1v) is 9.02. The fourth-order valence-corrected chi connectivity index (χ4v) is 3.90. The van der Waals surface area contributed by atoms with E-state index < -0.39 is 11.6 Å².